The van der Waals surface area contributed by atoms with Gasteiger partial charge in [-0.3, -0.25) is 0 Å². The quantitative estimate of drug-likeness (QED) is 0.807. The highest BCUT2D eigenvalue weighted by atomic mass is 19.4. The normalized spacial score (nSPS) is 12.7. The molecule has 0 saturated carbocycles. The Hall–Kier alpha value is -1.07. The highest BCUT2D eigenvalue weighted by Gasteiger charge is 2.27. The largest absolute Gasteiger partial charge is 0.411 e. The zero-order valence-corrected chi connectivity index (χ0v) is 12.2. The molecule has 0 unspecified atom stereocenters. The highest BCUT2D eigenvalue weighted by Crippen LogP contribution is 2.22. The van der Waals surface area contributed by atoms with Crippen LogP contribution in [-0.4, -0.2) is 25.9 Å². The Balaban J connectivity index is 2.23. The first-order valence-electron chi connectivity index (χ1n) is 6.63. The molecule has 0 fully saturated rings. The van der Waals surface area contributed by atoms with Crippen molar-refractivity contribution in [2.45, 2.75) is 38.9 Å². The Morgan fingerprint density at radius 1 is 1.05 bits per heavy atom. The predicted molar refractivity (Wildman–Crippen MR) is 73.7 cm³/mol. The molecule has 0 heterocycles. The lowest BCUT2D eigenvalue weighted by Gasteiger charge is -2.19. The SMILES string of the molecule is CC(C)(C)c1ccc(CNCCOCC(F)(F)F)cc1. The zero-order chi connectivity index (χ0) is 15.2. The fourth-order valence-corrected chi connectivity index (χ4v) is 1.69. The van der Waals surface area contributed by atoms with Gasteiger partial charge in [0.15, 0.2) is 0 Å². The molecular formula is C15H22F3NO. The number of ether oxygens (including phenoxy) is 1. The van der Waals surface area contributed by atoms with Crippen molar-refractivity contribution in [2.24, 2.45) is 0 Å². The van der Waals surface area contributed by atoms with Crippen LogP contribution < -0.4 is 5.32 Å². The van der Waals surface area contributed by atoms with Crippen molar-refractivity contribution in [1.29, 1.82) is 0 Å². The molecule has 1 rings (SSSR count). The molecule has 20 heavy (non-hydrogen) atoms. The van der Waals surface area contributed by atoms with E-state index >= 15 is 0 Å². The minimum atomic E-state index is -4.25. The van der Waals surface area contributed by atoms with Crippen LogP contribution in [0.1, 0.15) is 31.9 Å². The van der Waals surface area contributed by atoms with Gasteiger partial charge in [-0.2, -0.15) is 13.2 Å². The van der Waals surface area contributed by atoms with Crippen molar-refractivity contribution in [3.05, 3.63) is 35.4 Å². The summed E-state index contributed by atoms with van der Waals surface area (Å²) in [5.41, 5.74) is 2.49. The van der Waals surface area contributed by atoms with Gasteiger partial charge in [-0.05, 0) is 16.5 Å². The summed E-state index contributed by atoms with van der Waals surface area (Å²) in [6.07, 6.45) is -4.25. The van der Waals surface area contributed by atoms with Crippen LogP contribution in [-0.2, 0) is 16.7 Å². The van der Waals surface area contributed by atoms with Gasteiger partial charge in [0.05, 0.1) is 6.61 Å². The summed E-state index contributed by atoms with van der Waals surface area (Å²) in [5.74, 6) is 0. The van der Waals surface area contributed by atoms with E-state index in [-0.39, 0.29) is 12.0 Å². The van der Waals surface area contributed by atoms with Crippen molar-refractivity contribution < 1.29 is 17.9 Å². The van der Waals surface area contributed by atoms with Crippen LogP contribution in [0.4, 0.5) is 13.2 Å². The number of halogens is 3. The molecule has 2 nitrogen and oxygen atoms in total. The number of benzene rings is 1. The van der Waals surface area contributed by atoms with Crippen molar-refractivity contribution in [1.82, 2.24) is 5.32 Å². The van der Waals surface area contributed by atoms with Gasteiger partial charge in [-0.25, -0.2) is 0 Å². The maximum Gasteiger partial charge on any atom is 0.411 e. The topological polar surface area (TPSA) is 21.3 Å². The van der Waals surface area contributed by atoms with Gasteiger partial charge in [0.25, 0.3) is 0 Å². The van der Waals surface area contributed by atoms with E-state index < -0.39 is 12.8 Å². The molecule has 0 spiro atoms. The fourth-order valence-electron chi connectivity index (χ4n) is 1.69. The maximum atomic E-state index is 11.8. The summed E-state index contributed by atoms with van der Waals surface area (Å²) in [6.45, 7) is 6.35. The van der Waals surface area contributed by atoms with Gasteiger partial charge < -0.3 is 10.1 Å². The minimum Gasteiger partial charge on any atom is -0.371 e. The molecule has 0 amide bonds. The van der Waals surface area contributed by atoms with Crippen LogP contribution in [0.3, 0.4) is 0 Å². The third-order valence-corrected chi connectivity index (χ3v) is 2.84. The second-order valence-electron chi connectivity index (χ2n) is 5.79. The number of alkyl halides is 3. The van der Waals surface area contributed by atoms with Crippen LogP contribution in [0.25, 0.3) is 0 Å². The minimum absolute atomic E-state index is 0.0551. The molecule has 0 aliphatic rings. The van der Waals surface area contributed by atoms with Gasteiger partial charge in [0, 0.05) is 13.1 Å². The Morgan fingerprint density at radius 2 is 1.65 bits per heavy atom. The molecule has 1 N–H and O–H groups in total. The van der Waals surface area contributed by atoms with Crippen molar-refractivity contribution in [3.8, 4) is 0 Å². The van der Waals surface area contributed by atoms with Gasteiger partial charge in [0.2, 0.25) is 0 Å². The summed E-state index contributed by atoms with van der Waals surface area (Å²) >= 11 is 0. The summed E-state index contributed by atoms with van der Waals surface area (Å²) in [4.78, 5) is 0. The maximum absolute atomic E-state index is 11.8. The first-order valence-corrected chi connectivity index (χ1v) is 6.63. The molecule has 0 bridgehead atoms. The van der Waals surface area contributed by atoms with Crippen molar-refractivity contribution in [2.75, 3.05) is 19.8 Å². The van der Waals surface area contributed by atoms with E-state index in [1.165, 1.54) is 5.56 Å². The number of hydrogen-bond donors (Lipinski definition) is 1. The Kier molecular flexibility index (Phi) is 6.02. The fraction of sp³-hybridized carbons (Fsp3) is 0.600. The number of hydrogen-bond acceptors (Lipinski definition) is 2. The van der Waals surface area contributed by atoms with Gasteiger partial charge in [-0.1, -0.05) is 45.0 Å². The summed E-state index contributed by atoms with van der Waals surface area (Å²) in [5, 5.41) is 3.05. The lowest BCUT2D eigenvalue weighted by molar-refractivity contribution is -0.173. The smallest absolute Gasteiger partial charge is 0.371 e. The lowest BCUT2D eigenvalue weighted by Crippen LogP contribution is -2.23. The molecule has 0 aliphatic heterocycles. The molecule has 0 aliphatic carbocycles. The average Bonchev–Trinajstić information content (AvgIpc) is 2.32. The van der Waals surface area contributed by atoms with Gasteiger partial charge in [0.1, 0.15) is 6.61 Å². The van der Waals surface area contributed by atoms with Crippen LogP contribution >= 0.6 is 0 Å². The van der Waals surface area contributed by atoms with Crippen LogP contribution in [0.15, 0.2) is 24.3 Å². The lowest BCUT2D eigenvalue weighted by atomic mass is 9.87. The first kappa shape index (κ1) is 17.0. The van der Waals surface area contributed by atoms with E-state index in [9.17, 15) is 13.2 Å². The van der Waals surface area contributed by atoms with Crippen molar-refractivity contribution >= 4 is 0 Å². The molecule has 5 heteroatoms. The molecule has 0 radical (unpaired) electrons. The van der Waals surface area contributed by atoms with E-state index in [1.54, 1.807) is 0 Å². The van der Waals surface area contributed by atoms with Gasteiger partial charge in [-0.15, -0.1) is 0 Å². The summed E-state index contributed by atoms with van der Waals surface area (Å²) in [6, 6.07) is 8.22. The van der Waals surface area contributed by atoms with E-state index in [2.05, 4.69) is 43.0 Å². The second kappa shape index (κ2) is 7.09. The monoisotopic (exact) mass is 289 g/mol. The van der Waals surface area contributed by atoms with Crippen LogP contribution in [0.5, 0.6) is 0 Å². The molecule has 1 aromatic rings. The molecule has 0 aromatic heterocycles. The number of rotatable bonds is 6. The van der Waals surface area contributed by atoms with E-state index in [1.807, 2.05) is 12.1 Å². The predicted octanol–water partition coefficient (Wildman–Crippen LogP) is 3.65. The molecule has 1 aromatic carbocycles. The number of nitrogens with one attached hydrogen (secondary N) is 1. The van der Waals surface area contributed by atoms with Crippen molar-refractivity contribution in [3.63, 3.8) is 0 Å². The second-order valence-corrected chi connectivity index (χ2v) is 5.79. The Bertz CT molecular complexity index is 393. The third kappa shape index (κ3) is 6.91. The Labute approximate surface area is 118 Å². The van der Waals surface area contributed by atoms with Crippen LogP contribution in [0, 0.1) is 0 Å². The van der Waals surface area contributed by atoms with E-state index in [0.29, 0.717) is 13.1 Å². The average molecular weight is 289 g/mol. The standard InChI is InChI=1S/C15H22F3NO/c1-14(2,3)13-6-4-12(5-7-13)10-19-8-9-20-11-15(16,17)18/h4-7,19H,8-11H2,1-3H3. The summed E-state index contributed by atoms with van der Waals surface area (Å²) < 4.78 is 40.0. The van der Waals surface area contributed by atoms with E-state index in [0.717, 1.165) is 5.56 Å². The highest BCUT2D eigenvalue weighted by molar-refractivity contribution is 5.27. The molecule has 0 saturated heterocycles. The first-order chi connectivity index (χ1) is 9.18. The molecular weight excluding hydrogens is 267 g/mol. The van der Waals surface area contributed by atoms with Gasteiger partial charge >= 0.3 is 6.18 Å². The molecule has 0 atom stereocenters. The Morgan fingerprint density at radius 3 is 2.15 bits per heavy atom. The zero-order valence-electron chi connectivity index (χ0n) is 12.2. The van der Waals surface area contributed by atoms with E-state index in [4.69, 9.17) is 0 Å². The molecule has 114 valence electrons. The third-order valence-electron chi connectivity index (χ3n) is 2.84. The van der Waals surface area contributed by atoms with Crippen LogP contribution in [0.2, 0.25) is 0 Å². The summed E-state index contributed by atoms with van der Waals surface area (Å²) in [7, 11) is 0.